The van der Waals surface area contributed by atoms with E-state index in [0.29, 0.717) is 23.7 Å². The molecule has 1 aromatic rings. The maximum atomic E-state index is 6.03. The van der Waals surface area contributed by atoms with Gasteiger partial charge in [0.2, 0.25) is 0 Å². The maximum absolute atomic E-state index is 6.03. The predicted octanol–water partition coefficient (Wildman–Crippen LogP) is 2.81. The van der Waals surface area contributed by atoms with Gasteiger partial charge in [-0.15, -0.1) is 0 Å². The van der Waals surface area contributed by atoms with Crippen LogP contribution in [0.2, 0.25) is 0 Å². The molecule has 0 unspecified atom stereocenters. The van der Waals surface area contributed by atoms with Crippen LogP contribution >= 0.6 is 0 Å². The molecule has 18 heavy (non-hydrogen) atoms. The van der Waals surface area contributed by atoms with Crippen molar-refractivity contribution in [3.63, 3.8) is 0 Å². The van der Waals surface area contributed by atoms with Crippen molar-refractivity contribution in [3.8, 4) is 0 Å². The fraction of sp³-hybridized carbons (Fsp3) is 0.714. The molecule has 1 aliphatic carbocycles. The van der Waals surface area contributed by atoms with Crippen LogP contribution in [0.1, 0.15) is 52.0 Å². The van der Waals surface area contributed by atoms with Gasteiger partial charge < -0.3 is 10.6 Å². The van der Waals surface area contributed by atoms with Crippen molar-refractivity contribution < 1.29 is 0 Å². The lowest BCUT2D eigenvalue weighted by Crippen LogP contribution is -2.32. The molecule has 0 saturated heterocycles. The molecule has 1 aromatic heterocycles. The molecule has 2 rings (SSSR count). The van der Waals surface area contributed by atoms with Crippen molar-refractivity contribution in [3.05, 3.63) is 11.9 Å². The third-order valence-electron chi connectivity index (χ3n) is 3.29. The topological polar surface area (TPSA) is 55.0 Å². The molecule has 100 valence electrons. The third kappa shape index (κ3) is 2.74. The Hall–Kier alpha value is -1.32. The van der Waals surface area contributed by atoms with Crippen molar-refractivity contribution in [1.82, 2.24) is 9.97 Å². The van der Waals surface area contributed by atoms with Gasteiger partial charge in [-0.3, -0.25) is 0 Å². The summed E-state index contributed by atoms with van der Waals surface area (Å²) in [4.78, 5) is 11.1. The highest BCUT2D eigenvalue weighted by atomic mass is 15.2. The molecule has 0 radical (unpaired) electrons. The Kier molecular flexibility index (Phi) is 3.73. The molecule has 4 heteroatoms. The van der Waals surface area contributed by atoms with Crippen LogP contribution in [-0.2, 0) is 0 Å². The molecule has 0 atom stereocenters. The van der Waals surface area contributed by atoms with Crippen LogP contribution in [0.15, 0.2) is 6.33 Å². The summed E-state index contributed by atoms with van der Waals surface area (Å²) in [6, 6.07) is 0.652. The summed E-state index contributed by atoms with van der Waals surface area (Å²) in [6.45, 7) is 9.84. The van der Waals surface area contributed by atoms with E-state index in [1.807, 2.05) is 0 Å². The van der Waals surface area contributed by atoms with E-state index in [-0.39, 0.29) is 0 Å². The summed E-state index contributed by atoms with van der Waals surface area (Å²) in [5, 5.41) is 0. The second-order valence-corrected chi connectivity index (χ2v) is 5.93. The molecular weight excluding hydrogens is 224 g/mol. The number of hydrogen-bond donors (Lipinski definition) is 1. The molecule has 1 saturated carbocycles. The standard InChI is InChI=1S/C14H24N4/c1-9(2)7-18(11-5-6-11)14-12(10(3)4)13(15)16-8-17-14/h8-11H,5-7H2,1-4H3,(H2,15,16,17). The Morgan fingerprint density at radius 2 is 1.94 bits per heavy atom. The number of nitrogens with zero attached hydrogens (tertiary/aromatic N) is 3. The van der Waals surface area contributed by atoms with Crippen LogP contribution in [-0.4, -0.2) is 22.6 Å². The summed E-state index contributed by atoms with van der Waals surface area (Å²) in [7, 11) is 0. The van der Waals surface area contributed by atoms with Crippen molar-refractivity contribution >= 4 is 11.6 Å². The number of rotatable bonds is 5. The average Bonchev–Trinajstić information content (AvgIpc) is 3.08. The quantitative estimate of drug-likeness (QED) is 0.870. The van der Waals surface area contributed by atoms with Gasteiger partial charge in [-0.05, 0) is 24.7 Å². The van der Waals surface area contributed by atoms with Crippen LogP contribution < -0.4 is 10.6 Å². The van der Waals surface area contributed by atoms with Crippen LogP contribution in [0.3, 0.4) is 0 Å². The van der Waals surface area contributed by atoms with E-state index in [9.17, 15) is 0 Å². The first-order chi connectivity index (χ1) is 8.50. The second-order valence-electron chi connectivity index (χ2n) is 5.93. The molecule has 1 aliphatic rings. The molecule has 0 bridgehead atoms. The number of nitrogen functional groups attached to an aromatic ring is 1. The lowest BCUT2D eigenvalue weighted by Gasteiger charge is -2.28. The SMILES string of the molecule is CC(C)CN(c1ncnc(N)c1C(C)C)C1CC1. The molecule has 0 spiro atoms. The molecule has 4 nitrogen and oxygen atoms in total. The molecular formula is C14H24N4. The van der Waals surface area contributed by atoms with Gasteiger partial charge in [0.25, 0.3) is 0 Å². The highest BCUT2D eigenvalue weighted by Crippen LogP contribution is 2.36. The van der Waals surface area contributed by atoms with Crippen molar-refractivity contribution in [2.75, 3.05) is 17.2 Å². The van der Waals surface area contributed by atoms with Gasteiger partial charge in [-0.2, -0.15) is 0 Å². The smallest absolute Gasteiger partial charge is 0.137 e. The number of aromatic nitrogens is 2. The van der Waals surface area contributed by atoms with E-state index in [0.717, 1.165) is 17.9 Å². The minimum atomic E-state index is 0.356. The molecule has 1 heterocycles. The Bertz CT molecular complexity index is 410. The van der Waals surface area contributed by atoms with E-state index < -0.39 is 0 Å². The summed E-state index contributed by atoms with van der Waals surface area (Å²) < 4.78 is 0. The summed E-state index contributed by atoms with van der Waals surface area (Å²) >= 11 is 0. The average molecular weight is 248 g/mol. The second kappa shape index (κ2) is 5.12. The lowest BCUT2D eigenvalue weighted by molar-refractivity contribution is 0.598. The largest absolute Gasteiger partial charge is 0.383 e. The van der Waals surface area contributed by atoms with Crippen molar-refractivity contribution in [2.45, 2.75) is 52.5 Å². The Morgan fingerprint density at radius 3 is 2.44 bits per heavy atom. The number of hydrogen-bond acceptors (Lipinski definition) is 4. The lowest BCUT2D eigenvalue weighted by atomic mass is 10.0. The Morgan fingerprint density at radius 1 is 1.28 bits per heavy atom. The van der Waals surface area contributed by atoms with E-state index in [1.54, 1.807) is 6.33 Å². The van der Waals surface area contributed by atoms with E-state index in [4.69, 9.17) is 5.73 Å². The molecule has 1 fully saturated rings. The first-order valence-electron chi connectivity index (χ1n) is 6.87. The van der Waals surface area contributed by atoms with Crippen LogP contribution in [0, 0.1) is 5.92 Å². The number of nitrogens with two attached hydrogens (primary N) is 1. The van der Waals surface area contributed by atoms with Gasteiger partial charge in [0.05, 0.1) is 0 Å². The fourth-order valence-electron chi connectivity index (χ4n) is 2.37. The monoisotopic (exact) mass is 248 g/mol. The Labute approximate surface area is 110 Å². The third-order valence-corrected chi connectivity index (χ3v) is 3.29. The summed E-state index contributed by atoms with van der Waals surface area (Å²) in [5.41, 5.74) is 7.14. The predicted molar refractivity (Wildman–Crippen MR) is 75.7 cm³/mol. The van der Waals surface area contributed by atoms with Crippen LogP contribution in [0.4, 0.5) is 11.6 Å². The Balaban J connectivity index is 2.37. The number of anilines is 2. The van der Waals surface area contributed by atoms with Gasteiger partial charge in [0.1, 0.15) is 18.0 Å². The van der Waals surface area contributed by atoms with Crippen molar-refractivity contribution in [1.29, 1.82) is 0 Å². The van der Waals surface area contributed by atoms with Gasteiger partial charge in [-0.1, -0.05) is 27.7 Å². The highest BCUT2D eigenvalue weighted by Gasteiger charge is 2.32. The fourth-order valence-corrected chi connectivity index (χ4v) is 2.37. The first kappa shape index (κ1) is 13.1. The van der Waals surface area contributed by atoms with Crippen LogP contribution in [0.5, 0.6) is 0 Å². The van der Waals surface area contributed by atoms with E-state index in [1.165, 1.54) is 12.8 Å². The zero-order valence-electron chi connectivity index (χ0n) is 11.8. The molecule has 0 aliphatic heterocycles. The maximum Gasteiger partial charge on any atom is 0.137 e. The molecule has 2 N–H and O–H groups in total. The molecule has 0 aromatic carbocycles. The highest BCUT2D eigenvalue weighted by molar-refractivity contribution is 5.59. The summed E-state index contributed by atoms with van der Waals surface area (Å²) in [6.07, 6.45) is 4.13. The normalized spacial score (nSPS) is 15.4. The van der Waals surface area contributed by atoms with E-state index >= 15 is 0 Å². The first-order valence-corrected chi connectivity index (χ1v) is 6.87. The van der Waals surface area contributed by atoms with Crippen molar-refractivity contribution in [2.24, 2.45) is 5.92 Å². The van der Waals surface area contributed by atoms with E-state index in [2.05, 4.69) is 42.6 Å². The zero-order chi connectivity index (χ0) is 13.3. The van der Waals surface area contributed by atoms with Gasteiger partial charge >= 0.3 is 0 Å². The van der Waals surface area contributed by atoms with Gasteiger partial charge in [0.15, 0.2) is 0 Å². The minimum Gasteiger partial charge on any atom is -0.383 e. The molecule has 0 amide bonds. The van der Waals surface area contributed by atoms with Gasteiger partial charge in [0, 0.05) is 18.2 Å². The van der Waals surface area contributed by atoms with Gasteiger partial charge in [-0.25, -0.2) is 9.97 Å². The summed E-state index contributed by atoms with van der Waals surface area (Å²) in [5.74, 6) is 2.66. The zero-order valence-corrected chi connectivity index (χ0v) is 11.8. The van der Waals surface area contributed by atoms with Crippen LogP contribution in [0.25, 0.3) is 0 Å². The minimum absolute atomic E-state index is 0.356.